The molecule has 2 N–H and O–H groups in total. The Balaban J connectivity index is 1.95. The monoisotopic (exact) mass is 336 g/mol. The van der Waals surface area contributed by atoms with E-state index in [-0.39, 0.29) is 11.8 Å². The van der Waals surface area contributed by atoms with Gasteiger partial charge < -0.3 is 15.0 Å². The molecule has 0 aromatic carbocycles. The first-order chi connectivity index (χ1) is 9.94. The van der Waals surface area contributed by atoms with Gasteiger partial charge in [0.1, 0.15) is 0 Å². The summed E-state index contributed by atoms with van der Waals surface area (Å²) < 4.78 is 29.5. The largest absolute Gasteiger partial charge is 0.378 e. The highest BCUT2D eigenvalue weighted by Gasteiger charge is 2.15. The number of hydrogen-bond donors (Lipinski definition) is 2. The summed E-state index contributed by atoms with van der Waals surface area (Å²) in [5.74, 6) is 0.795. The van der Waals surface area contributed by atoms with Gasteiger partial charge in [-0.3, -0.25) is 0 Å². The zero-order valence-electron chi connectivity index (χ0n) is 11.5. The third-order valence-corrected chi connectivity index (χ3v) is 3.56. The summed E-state index contributed by atoms with van der Waals surface area (Å²) in [6.45, 7) is 3.19. The molecule has 0 unspecified atom stereocenters. The minimum atomic E-state index is -3.20. The van der Waals surface area contributed by atoms with Gasteiger partial charge in [-0.2, -0.15) is 15.0 Å². The van der Waals surface area contributed by atoms with E-state index in [4.69, 9.17) is 16.3 Å². The van der Waals surface area contributed by atoms with E-state index in [1.165, 1.54) is 0 Å². The van der Waals surface area contributed by atoms with Gasteiger partial charge in [-0.1, -0.05) is 0 Å². The first-order valence-electron chi connectivity index (χ1n) is 6.37. The third-order valence-electron chi connectivity index (χ3n) is 2.66. The standard InChI is InChI=1S/C10H17ClN6O3S/c1-21(18,19)13-3-2-12-9-14-8(11)15-10(16-9)17-4-6-20-7-5-17/h13H,2-7H2,1H3,(H,12,14,15,16). The van der Waals surface area contributed by atoms with Crippen LogP contribution >= 0.6 is 11.6 Å². The Labute approximate surface area is 128 Å². The summed E-state index contributed by atoms with van der Waals surface area (Å²) in [6.07, 6.45) is 1.10. The fraction of sp³-hybridized carbons (Fsp3) is 0.700. The van der Waals surface area contributed by atoms with E-state index in [1.54, 1.807) is 0 Å². The Kier molecular flexibility index (Phi) is 5.51. The molecule has 1 aliphatic rings. The summed E-state index contributed by atoms with van der Waals surface area (Å²) in [7, 11) is -3.20. The summed E-state index contributed by atoms with van der Waals surface area (Å²) in [6, 6.07) is 0. The molecule has 1 aromatic heterocycles. The predicted molar refractivity (Wildman–Crippen MR) is 79.2 cm³/mol. The number of morpholine rings is 1. The van der Waals surface area contributed by atoms with E-state index in [0.29, 0.717) is 44.7 Å². The van der Waals surface area contributed by atoms with Crippen molar-refractivity contribution in [3.63, 3.8) is 0 Å². The fourth-order valence-electron chi connectivity index (χ4n) is 1.73. The van der Waals surface area contributed by atoms with Crippen LogP contribution in [0.5, 0.6) is 0 Å². The van der Waals surface area contributed by atoms with Crippen molar-refractivity contribution >= 4 is 33.5 Å². The highest BCUT2D eigenvalue weighted by atomic mass is 35.5. The van der Waals surface area contributed by atoms with Gasteiger partial charge in [-0.25, -0.2) is 13.1 Å². The molecule has 1 aliphatic heterocycles. The van der Waals surface area contributed by atoms with Crippen molar-refractivity contribution < 1.29 is 13.2 Å². The lowest BCUT2D eigenvalue weighted by Gasteiger charge is -2.26. The number of nitrogens with zero attached hydrogens (tertiary/aromatic N) is 4. The van der Waals surface area contributed by atoms with E-state index in [0.717, 1.165) is 6.26 Å². The van der Waals surface area contributed by atoms with Crippen LogP contribution in [-0.2, 0) is 14.8 Å². The molecule has 118 valence electrons. The molecule has 2 heterocycles. The Morgan fingerprint density at radius 3 is 2.62 bits per heavy atom. The maximum absolute atomic E-state index is 10.9. The topological polar surface area (TPSA) is 109 Å². The Morgan fingerprint density at radius 1 is 1.24 bits per heavy atom. The van der Waals surface area contributed by atoms with Crippen LogP contribution in [0.2, 0.25) is 5.28 Å². The van der Waals surface area contributed by atoms with Gasteiger partial charge in [0.2, 0.25) is 27.2 Å². The van der Waals surface area contributed by atoms with Crippen LogP contribution in [0.4, 0.5) is 11.9 Å². The fourth-order valence-corrected chi connectivity index (χ4v) is 2.36. The number of nitrogens with one attached hydrogen (secondary N) is 2. The van der Waals surface area contributed by atoms with Crippen LogP contribution in [-0.4, -0.2) is 69.0 Å². The van der Waals surface area contributed by atoms with Crippen molar-refractivity contribution in [3.8, 4) is 0 Å². The second kappa shape index (κ2) is 7.16. The van der Waals surface area contributed by atoms with Gasteiger partial charge in [-0.05, 0) is 11.6 Å². The average Bonchev–Trinajstić information content (AvgIpc) is 2.43. The Bertz CT molecular complexity index is 578. The minimum Gasteiger partial charge on any atom is -0.378 e. The van der Waals surface area contributed by atoms with Crippen molar-refractivity contribution in [3.05, 3.63) is 5.28 Å². The molecule has 1 fully saturated rings. The summed E-state index contributed by atoms with van der Waals surface area (Å²) in [4.78, 5) is 14.3. The maximum atomic E-state index is 10.9. The van der Waals surface area contributed by atoms with Gasteiger partial charge in [0.05, 0.1) is 19.5 Å². The Hall–Kier alpha value is -1.23. The van der Waals surface area contributed by atoms with Crippen LogP contribution in [0.15, 0.2) is 0 Å². The molecule has 11 heteroatoms. The first kappa shape index (κ1) is 16.1. The molecule has 0 radical (unpaired) electrons. The summed E-state index contributed by atoms with van der Waals surface area (Å²) >= 11 is 5.88. The number of aromatic nitrogens is 3. The van der Waals surface area contributed by atoms with Crippen molar-refractivity contribution in [2.24, 2.45) is 0 Å². The van der Waals surface area contributed by atoms with Crippen LogP contribution < -0.4 is 14.9 Å². The zero-order valence-corrected chi connectivity index (χ0v) is 13.1. The number of sulfonamides is 1. The number of hydrogen-bond acceptors (Lipinski definition) is 8. The molecular weight excluding hydrogens is 320 g/mol. The highest BCUT2D eigenvalue weighted by Crippen LogP contribution is 2.14. The average molecular weight is 337 g/mol. The highest BCUT2D eigenvalue weighted by molar-refractivity contribution is 7.88. The Morgan fingerprint density at radius 2 is 1.95 bits per heavy atom. The number of rotatable bonds is 6. The molecule has 1 saturated heterocycles. The van der Waals surface area contributed by atoms with E-state index >= 15 is 0 Å². The van der Waals surface area contributed by atoms with Crippen LogP contribution in [0.3, 0.4) is 0 Å². The zero-order chi connectivity index (χ0) is 15.3. The van der Waals surface area contributed by atoms with Gasteiger partial charge in [0, 0.05) is 26.2 Å². The van der Waals surface area contributed by atoms with Gasteiger partial charge in [0.25, 0.3) is 0 Å². The van der Waals surface area contributed by atoms with E-state index in [2.05, 4.69) is 25.0 Å². The minimum absolute atomic E-state index is 0.0880. The number of anilines is 2. The molecule has 0 saturated carbocycles. The molecule has 9 nitrogen and oxygen atoms in total. The van der Waals surface area contributed by atoms with Crippen LogP contribution in [0.25, 0.3) is 0 Å². The van der Waals surface area contributed by atoms with Crippen LogP contribution in [0, 0.1) is 0 Å². The lowest BCUT2D eigenvalue weighted by Crippen LogP contribution is -2.37. The molecule has 2 rings (SSSR count). The SMILES string of the molecule is CS(=O)(=O)NCCNc1nc(Cl)nc(N2CCOCC2)n1. The molecule has 0 atom stereocenters. The number of halogens is 1. The van der Waals surface area contributed by atoms with Crippen molar-refractivity contribution in [2.75, 3.05) is 55.9 Å². The maximum Gasteiger partial charge on any atom is 0.231 e. The van der Waals surface area contributed by atoms with Crippen molar-refractivity contribution in [1.82, 2.24) is 19.7 Å². The normalized spacial score (nSPS) is 16.0. The molecule has 0 spiro atoms. The van der Waals surface area contributed by atoms with Gasteiger partial charge in [-0.15, -0.1) is 0 Å². The molecule has 21 heavy (non-hydrogen) atoms. The molecule has 1 aromatic rings. The lowest BCUT2D eigenvalue weighted by molar-refractivity contribution is 0.122. The predicted octanol–water partition coefficient (Wildman–Crippen LogP) is -0.677. The van der Waals surface area contributed by atoms with E-state index < -0.39 is 10.0 Å². The van der Waals surface area contributed by atoms with Crippen molar-refractivity contribution in [1.29, 1.82) is 0 Å². The van der Waals surface area contributed by atoms with E-state index in [9.17, 15) is 8.42 Å². The summed E-state index contributed by atoms with van der Waals surface area (Å²) in [5, 5.41) is 2.99. The second-order valence-corrected chi connectivity index (χ2v) is 6.59. The van der Waals surface area contributed by atoms with Crippen molar-refractivity contribution in [2.45, 2.75) is 0 Å². The summed E-state index contributed by atoms with van der Waals surface area (Å²) in [5.41, 5.74) is 0. The van der Waals surface area contributed by atoms with Crippen LogP contribution in [0.1, 0.15) is 0 Å². The van der Waals surface area contributed by atoms with Gasteiger partial charge in [0.15, 0.2) is 0 Å². The lowest BCUT2D eigenvalue weighted by atomic mass is 10.4. The third kappa shape index (κ3) is 5.58. The second-order valence-electron chi connectivity index (χ2n) is 4.42. The quantitative estimate of drug-likeness (QED) is 0.658. The molecule has 0 amide bonds. The van der Waals surface area contributed by atoms with E-state index in [1.807, 2.05) is 4.90 Å². The first-order valence-corrected chi connectivity index (χ1v) is 8.64. The van der Waals surface area contributed by atoms with Gasteiger partial charge >= 0.3 is 0 Å². The molecule has 0 bridgehead atoms. The molecular formula is C10H17ClN6O3S. The smallest absolute Gasteiger partial charge is 0.231 e. The number of ether oxygens (including phenoxy) is 1. The molecule has 0 aliphatic carbocycles.